The molecule has 6 rings (SSSR count). The Balaban J connectivity index is 1.76. The van der Waals surface area contributed by atoms with Gasteiger partial charge in [0.2, 0.25) is 0 Å². The predicted molar refractivity (Wildman–Crippen MR) is 91.7 cm³/mol. The monoisotopic (exact) mass is 354 g/mol. The maximum absolute atomic E-state index is 13.4. The fraction of sp³-hybridized carbons (Fsp3) is 0.350. The van der Waals surface area contributed by atoms with Gasteiger partial charge in [-0.2, -0.15) is 0 Å². The summed E-state index contributed by atoms with van der Waals surface area (Å²) in [6.07, 6.45) is 1.55. The van der Waals surface area contributed by atoms with E-state index in [2.05, 4.69) is 0 Å². The van der Waals surface area contributed by atoms with Gasteiger partial charge in [-0.25, -0.2) is 8.42 Å². The normalized spacial score (nSPS) is 32.8. The molecule has 4 nitrogen and oxygen atoms in total. The van der Waals surface area contributed by atoms with Crippen LogP contribution in [-0.2, 0) is 24.8 Å². The van der Waals surface area contributed by atoms with Crippen molar-refractivity contribution < 1.29 is 17.9 Å². The minimum absolute atomic E-state index is 0.209. The molecule has 2 heterocycles. The number of hydrogen-bond acceptors (Lipinski definition) is 4. The van der Waals surface area contributed by atoms with E-state index >= 15 is 0 Å². The molecule has 1 spiro atoms. The highest BCUT2D eigenvalue weighted by Gasteiger charge is 2.67. The van der Waals surface area contributed by atoms with Gasteiger partial charge in [-0.15, -0.1) is 0 Å². The van der Waals surface area contributed by atoms with Gasteiger partial charge in [0, 0.05) is 5.92 Å². The second-order valence-corrected chi connectivity index (χ2v) is 9.31. The van der Waals surface area contributed by atoms with E-state index in [9.17, 15) is 13.2 Å². The molecular weight excluding hydrogens is 336 g/mol. The van der Waals surface area contributed by atoms with Gasteiger partial charge in [0.15, 0.2) is 9.84 Å². The molecule has 0 radical (unpaired) electrons. The highest BCUT2D eigenvalue weighted by atomic mass is 32.2. The predicted octanol–water partition coefficient (Wildman–Crippen LogP) is 3.18. The van der Waals surface area contributed by atoms with E-state index in [1.165, 1.54) is 0 Å². The van der Waals surface area contributed by atoms with E-state index in [-0.39, 0.29) is 11.9 Å². The average Bonchev–Trinajstić information content (AvgIpc) is 3.08. The summed E-state index contributed by atoms with van der Waals surface area (Å²) in [5.74, 6) is -0.447. The fourth-order valence-electron chi connectivity index (χ4n) is 5.21. The lowest BCUT2D eigenvalue weighted by atomic mass is 9.61. The average molecular weight is 354 g/mol. The Morgan fingerprint density at radius 1 is 1.00 bits per heavy atom. The van der Waals surface area contributed by atoms with Crippen LogP contribution in [-0.4, -0.2) is 19.6 Å². The van der Waals surface area contributed by atoms with Crippen LogP contribution >= 0.6 is 0 Å². The lowest BCUT2D eigenvalue weighted by molar-refractivity contribution is -0.170. The van der Waals surface area contributed by atoms with E-state index in [1.54, 1.807) is 30.3 Å². The molecule has 0 N–H and O–H groups in total. The largest absolute Gasteiger partial charge is 0.455 e. The Hall–Kier alpha value is -2.14. The number of carbonyl (C=O) groups excluding carboxylic acids is 1. The van der Waals surface area contributed by atoms with E-state index in [0.29, 0.717) is 11.3 Å². The van der Waals surface area contributed by atoms with Crippen LogP contribution in [0.2, 0.25) is 0 Å². The molecule has 4 atom stereocenters. The first-order chi connectivity index (χ1) is 12.1. The molecule has 0 unspecified atom stereocenters. The third kappa shape index (κ3) is 1.77. The van der Waals surface area contributed by atoms with E-state index in [1.807, 2.05) is 24.3 Å². The van der Waals surface area contributed by atoms with Crippen molar-refractivity contribution in [1.29, 1.82) is 0 Å². The third-order valence-corrected chi connectivity index (χ3v) is 8.41. The molecule has 1 saturated carbocycles. The van der Waals surface area contributed by atoms with E-state index in [4.69, 9.17) is 4.74 Å². The first kappa shape index (κ1) is 15.1. The Kier molecular flexibility index (Phi) is 2.99. The summed E-state index contributed by atoms with van der Waals surface area (Å²) < 4.78 is 32.6. The summed E-state index contributed by atoms with van der Waals surface area (Å²) in [5.41, 5.74) is 1.06. The molecule has 2 aliphatic heterocycles. The first-order valence-electron chi connectivity index (χ1n) is 8.66. The standard InChI is InChI=1S/C20H18O4S/c21-19-20-12-6-11-16(20)18(25(22,23)13-7-2-1-3-8-13)17(24-19)14-9-4-5-10-15(14)20/h1-5,7-10,16-18H,6,11-12H2/t16-,17-,18-,20+/m0/s1. The van der Waals surface area contributed by atoms with Gasteiger partial charge >= 0.3 is 5.97 Å². The number of hydrogen-bond donors (Lipinski definition) is 0. The number of ether oxygens (including phenoxy) is 1. The summed E-state index contributed by atoms with van der Waals surface area (Å²) in [7, 11) is -3.60. The summed E-state index contributed by atoms with van der Waals surface area (Å²) >= 11 is 0. The molecule has 2 fully saturated rings. The summed E-state index contributed by atoms with van der Waals surface area (Å²) in [5, 5.41) is -0.704. The molecule has 0 amide bonds. The van der Waals surface area contributed by atoms with Crippen molar-refractivity contribution in [3.05, 3.63) is 65.7 Å². The maximum atomic E-state index is 13.4. The smallest absolute Gasteiger partial charge is 0.317 e. The van der Waals surface area contributed by atoms with Crippen LogP contribution in [0.5, 0.6) is 0 Å². The number of carbonyl (C=O) groups is 1. The molecule has 2 bridgehead atoms. The van der Waals surface area contributed by atoms with Gasteiger partial charge in [0.1, 0.15) is 11.4 Å². The minimum atomic E-state index is -3.60. The van der Waals surface area contributed by atoms with Gasteiger partial charge in [0.25, 0.3) is 0 Å². The summed E-state index contributed by atoms with van der Waals surface area (Å²) in [6.45, 7) is 0. The molecule has 5 heteroatoms. The summed E-state index contributed by atoms with van der Waals surface area (Å²) in [6, 6.07) is 16.2. The van der Waals surface area contributed by atoms with Crippen LogP contribution in [0.25, 0.3) is 0 Å². The van der Waals surface area contributed by atoms with Gasteiger partial charge in [-0.3, -0.25) is 4.79 Å². The van der Waals surface area contributed by atoms with Crippen molar-refractivity contribution in [2.75, 3.05) is 0 Å². The van der Waals surface area contributed by atoms with Crippen molar-refractivity contribution in [2.45, 2.75) is 40.9 Å². The molecule has 1 saturated heterocycles. The highest BCUT2D eigenvalue weighted by Crippen LogP contribution is 2.62. The Labute approximate surface area is 146 Å². The molecule has 2 aromatic rings. The molecule has 0 aromatic heterocycles. The Bertz CT molecular complexity index is 966. The second-order valence-electron chi connectivity index (χ2n) is 7.21. The van der Waals surface area contributed by atoms with Gasteiger partial charge < -0.3 is 4.74 Å². The zero-order valence-electron chi connectivity index (χ0n) is 13.6. The number of fused-ring (bicyclic) bond motifs is 1. The zero-order chi connectivity index (χ0) is 17.2. The zero-order valence-corrected chi connectivity index (χ0v) is 14.4. The Morgan fingerprint density at radius 2 is 1.72 bits per heavy atom. The lowest BCUT2D eigenvalue weighted by Gasteiger charge is -2.51. The van der Waals surface area contributed by atoms with Crippen molar-refractivity contribution in [3.8, 4) is 0 Å². The van der Waals surface area contributed by atoms with Crippen LogP contribution < -0.4 is 0 Å². The van der Waals surface area contributed by atoms with Crippen molar-refractivity contribution in [1.82, 2.24) is 0 Å². The fourth-order valence-corrected chi connectivity index (χ4v) is 7.39. The van der Waals surface area contributed by atoms with Crippen LogP contribution in [0.1, 0.15) is 36.5 Å². The molecule has 25 heavy (non-hydrogen) atoms. The van der Waals surface area contributed by atoms with Gasteiger partial charge in [0.05, 0.1) is 10.3 Å². The van der Waals surface area contributed by atoms with Crippen molar-refractivity contribution in [3.63, 3.8) is 0 Å². The van der Waals surface area contributed by atoms with Crippen LogP contribution in [0, 0.1) is 5.92 Å². The molecule has 4 aliphatic rings. The quantitative estimate of drug-likeness (QED) is 0.777. The summed E-state index contributed by atoms with van der Waals surface area (Å²) in [4.78, 5) is 13.1. The SMILES string of the molecule is O=C1O[C@H]2c3ccccc3[C@@]13CCC[C@H]3[C@@H]2S(=O)(=O)c1ccccc1. The van der Waals surface area contributed by atoms with Crippen LogP contribution in [0.3, 0.4) is 0 Å². The van der Waals surface area contributed by atoms with Crippen molar-refractivity contribution in [2.24, 2.45) is 5.92 Å². The van der Waals surface area contributed by atoms with Gasteiger partial charge in [-0.1, -0.05) is 48.9 Å². The first-order valence-corrected chi connectivity index (χ1v) is 10.2. The molecule has 2 aliphatic carbocycles. The maximum Gasteiger partial charge on any atom is 0.317 e. The second kappa shape index (κ2) is 4.94. The number of rotatable bonds is 2. The minimum Gasteiger partial charge on any atom is -0.455 e. The Morgan fingerprint density at radius 3 is 2.52 bits per heavy atom. The molecular formula is C20H18O4S. The molecule has 2 aromatic carbocycles. The third-order valence-electron chi connectivity index (χ3n) is 6.19. The number of sulfone groups is 1. The number of benzene rings is 2. The highest BCUT2D eigenvalue weighted by molar-refractivity contribution is 7.92. The van der Waals surface area contributed by atoms with E-state index < -0.39 is 26.6 Å². The van der Waals surface area contributed by atoms with E-state index in [0.717, 1.165) is 24.0 Å². The van der Waals surface area contributed by atoms with Gasteiger partial charge in [-0.05, 0) is 36.1 Å². The van der Waals surface area contributed by atoms with Crippen molar-refractivity contribution >= 4 is 15.8 Å². The van der Waals surface area contributed by atoms with Crippen LogP contribution in [0.4, 0.5) is 0 Å². The van der Waals surface area contributed by atoms with Crippen LogP contribution in [0.15, 0.2) is 59.5 Å². The lowest BCUT2D eigenvalue weighted by Crippen LogP contribution is -2.59. The molecule has 128 valence electrons. The topological polar surface area (TPSA) is 60.4 Å². The number of esters is 1.